The molecule has 0 bridgehead atoms. The molecule has 0 radical (unpaired) electrons. The van der Waals surface area contributed by atoms with E-state index < -0.39 is 11.4 Å². The minimum Gasteiger partial charge on any atom is -0.347 e. The molecule has 1 saturated heterocycles. The lowest BCUT2D eigenvalue weighted by molar-refractivity contribution is 0.0944. The summed E-state index contributed by atoms with van der Waals surface area (Å²) < 4.78 is 14.3. The van der Waals surface area contributed by atoms with Gasteiger partial charge in [-0.15, -0.1) is 0 Å². The van der Waals surface area contributed by atoms with Crippen LogP contribution in [0, 0.1) is 17.7 Å². The highest BCUT2D eigenvalue weighted by Crippen LogP contribution is 2.22. The Morgan fingerprint density at radius 3 is 2.27 bits per heavy atom. The molecule has 1 N–H and O–H groups in total. The average Bonchev–Trinajstić information content (AvgIpc) is 2.79. The van der Waals surface area contributed by atoms with Crippen LogP contribution < -0.4 is 10.9 Å². The van der Waals surface area contributed by atoms with Crippen molar-refractivity contribution in [2.24, 2.45) is 11.8 Å². The Labute approximate surface area is 193 Å². The van der Waals surface area contributed by atoms with Crippen LogP contribution >= 0.6 is 0 Å². The molecule has 2 heterocycles. The highest BCUT2D eigenvalue weighted by Gasteiger charge is 2.21. The summed E-state index contributed by atoms with van der Waals surface area (Å²) in [5, 5.41) is 6.99. The van der Waals surface area contributed by atoms with Crippen molar-refractivity contribution in [2.45, 2.75) is 33.4 Å². The zero-order chi connectivity index (χ0) is 23.4. The lowest BCUT2D eigenvalue weighted by atomic mass is 9.91. The maximum atomic E-state index is 13.2. The summed E-state index contributed by atoms with van der Waals surface area (Å²) in [5.41, 5.74) is 2.36. The molecule has 2 aromatic carbocycles. The van der Waals surface area contributed by atoms with Gasteiger partial charge >= 0.3 is 0 Å². The van der Waals surface area contributed by atoms with Gasteiger partial charge in [0.2, 0.25) is 0 Å². The quantitative estimate of drug-likeness (QED) is 0.623. The van der Waals surface area contributed by atoms with Crippen LogP contribution in [0.5, 0.6) is 0 Å². The second kappa shape index (κ2) is 10.1. The summed E-state index contributed by atoms with van der Waals surface area (Å²) in [6.45, 7) is 8.19. The molecular weight excluding hydrogens is 419 g/mol. The number of rotatable bonds is 6. The van der Waals surface area contributed by atoms with Gasteiger partial charge in [-0.05, 0) is 59.7 Å². The zero-order valence-electron chi connectivity index (χ0n) is 19.0. The number of hydrogen-bond donors (Lipinski definition) is 1. The largest absolute Gasteiger partial charge is 0.347 e. The van der Waals surface area contributed by atoms with Crippen LogP contribution in [0.25, 0.3) is 5.69 Å². The third-order valence-electron chi connectivity index (χ3n) is 5.93. The Balaban J connectivity index is 1.36. The maximum Gasteiger partial charge on any atom is 0.272 e. The van der Waals surface area contributed by atoms with Gasteiger partial charge in [0, 0.05) is 32.2 Å². The number of likely N-dealkylation sites (tertiary alicyclic amines) is 1. The summed E-state index contributed by atoms with van der Waals surface area (Å²) in [4.78, 5) is 27.3. The number of nitrogens with one attached hydrogen (secondary N) is 1. The Morgan fingerprint density at radius 1 is 0.970 bits per heavy atom. The Morgan fingerprint density at radius 2 is 1.61 bits per heavy atom. The van der Waals surface area contributed by atoms with Crippen molar-refractivity contribution < 1.29 is 9.18 Å². The van der Waals surface area contributed by atoms with E-state index >= 15 is 0 Å². The third-order valence-corrected chi connectivity index (χ3v) is 5.93. The fourth-order valence-electron chi connectivity index (χ4n) is 4.51. The van der Waals surface area contributed by atoms with E-state index in [0.29, 0.717) is 12.2 Å². The number of piperidine rings is 1. The third kappa shape index (κ3) is 5.93. The summed E-state index contributed by atoms with van der Waals surface area (Å²) in [6, 6.07) is 16.3. The van der Waals surface area contributed by atoms with E-state index in [1.165, 1.54) is 48.4 Å². The molecule has 172 valence electrons. The first-order valence-electron chi connectivity index (χ1n) is 11.3. The van der Waals surface area contributed by atoms with E-state index in [9.17, 15) is 14.0 Å². The van der Waals surface area contributed by atoms with Crippen LogP contribution in [0.1, 0.15) is 41.9 Å². The fourth-order valence-corrected chi connectivity index (χ4v) is 4.51. The summed E-state index contributed by atoms with van der Waals surface area (Å²) in [6.07, 6.45) is 1.30. The van der Waals surface area contributed by atoms with Crippen molar-refractivity contribution in [3.05, 3.63) is 93.7 Å². The van der Waals surface area contributed by atoms with Gasteiger partial charge < -0.3 is 5.32 Å². The maximum absolute atomic E-state index is 13.2. The average molecular weight is 449 g/mol. The van der Waals surface area contributed by atoms with Crippen LogP contribution in [-0.2, 0) is 13.1 Å². The number of aromatic nitrogens is 2. The molecule has 2 unspecified atom stereocenters. The van der Waals surface area contributed by atoms with Gasteiger partial charge in [-0.2, -0.15) is 9.78 Å². The molecule has 2 atom stereocenters. The summed E-state index contributed by atoms with van der Waals surface area (Å²) in [7, 11) is 0. The predicted molar refractivity (Wildman–Crippen MR) is 126 cm³/mol. The van der Waals surface area contributed by atoms with Gasteiger partial charge in [-0.25, -0.2) is 4.39 Å². The SMILES string of the molecule is CC1CC(C)CN(Cc2ccc(CNC(=O)c3ccc(=O)n(-c4ccc(F)cc4)n3)cc2)C1. The highest BCUT2D eigenvalue weighted by atomic mass is 19.1. The summed E-state index contributed by atoms with van der Waals surface area (Å²) >= 11 is 0. The van der Waals surface area contributed by atoms with Crippen molar-refractivity contribution in [2.75, 3.05) is 13.1 Å². The van der Waals surface area contributed by atoms with Gasteiger partial charge in [-0.1, -0.05) is 38.1 Å². The first-order chi connectivity index (χ1) is 15.9. The molecule has 1 aliphatic rings. The monoisotopic (exact) mass is 448 g/mol. The molecule has 1 fully saturated rings. The predicted octanol–water partition coefficient (Wildman–Crippen LogP) is 3.78. The van der Waals surface area contributed by atoms with E-state index in [4.69, 9.17) is 0 Å². The normalized spacial score (nSPS) is 18.8. The molecular formula is C26H29FN4O2. The standard InChI is InChI=1S/C26H29FN4O2/c1-18-13-19(2)16-30(15-18)17-21-5-3-20(4-6-21)14-28-26(33)24-11-12-25(32)31(29-24)23-9-7-22(27)8-10-23/h3-12,18-19H,13-17H2,1-2H3,(H,28,33). The first-order valence-corrected chi connectivity index (χ1v) is 11.3. The molecule has 1 amide bonds. The van der Waals surface area contributed by atoms with Crippen molar-refractivity contribution >= 4 is 5.91 Å². The number of nitrogens with zero attached hydrogens (tertiary/aromatic N) is 3. The zero-order valence-corrected chi connectivity index (χ0v) is 19.0. The van der Waals surface area contributed by atoms with E-state index in [1.54, 1.807) is 0 Å². The molecule has 33 heavy (non-hydrogen) atoms. The summed E-state index contributed by atoms with van der Waals surface area (Å²) in [5.74, 6) is 0.668. The topological polar surface area (TPSA) is 67.2 Å². The number of hydrogen-bond acceptors (Lipinski definition) is 4. The van der Waals surface area contributed by atoms with Gasteiger partial charge in [-0.3, -0.25) is 14.5 Å². The number of carbonyl (C=O) groups is 1. The number of halogens is 1. The van der Waals surface area contributed by atoms with Crippen molar-refractivity contribution in [3.63, 3.8) is 0 Å². The molecule has 6 nitrogen and oxygen atoms in total. The Hall–Kier alpha value is -3.32. The second-order valence-electron chi connectivity index (χ2n) is 9.08. The first kappa shape index (κ1) is 22.9. The van der Waals surface area contributed by atoms with Crippen LogP contribution in [0.2, 0.25) is 0 Å². The lowest BCUT2D eigenvalue weighted by Gasteiger charge is -2.35. The molecule has 0 spiro atoms. The molecule has 4 rings (SSSR count). The van der Waals surface area contributed by atoms with Gasteiger partial charge in [0.15, 0.2) is 0 Å². The molecule has 3 aromatic rings. The Bertz CT molecular complexity index is 1150. The number of benzene rings is 2. The minimum absolute atomic E-state index is 0.115. The smallest absolute Gasteiger partial charge is 0.272 e. The van der Waals surface area contributed by atoms with E-state index in [0.717, 1.165) is 41.7 Å². The van der Waals surface area contributed by atoms with Crippen LogP contribution in [0.3, 0.4) is 0 Å². The Kier molecular flexibility index (Phi) is 6.99. The number of carbonyl (C=O) groups excluding carboxylic acids is 1. The minimum atomic E-state index is -0.410. The van der Waals surface area contributed by atoms with Crippen LogP contribution in [0.4, 0.5) is 4.39 Å². The van der Waals surface area contributed by atoms with Gasteiger partial charge in [0.1, 0.15) is 11.5 Å². The molecule has 0 saturated carbocycles. The van der Waals surface area contributed by atoms with Crippen molar-refractivity contribution in [1.82, 2.24) is 20.0 Å². The molecule has 0 aliphatic carbocycles. The number of amides is 1. The van der Waals surface area contributed by atoms with Gasteiger partial charge in [0.05, 0.1) is 5.69 Å². The lowest BCUT2D eigenvalue weighted by Crippen LogP contribution is -2.38. The fraction of sp³-hybridized carbons (Fsp3) is 0.346. The second-order valence-corrected chi connectivity index (χ2v) is 9.08. The highest BCUT2D eigenvalue weighted by molar-refractivity contribution is 5.92. The van der Waals surface area contributed by atoms with Crippen molar-refractivity contribution in [1.29, 1.82) is 0 Å². The van der Waals surface area contributed by atoms with Crippen LogP contribution in [0.15, 0.2) is 65.5 Å². The van der Waals surface area contributed by atoms with E-state index in [1.807, 2.05) is 12.1 Å². The molecule has 7 heteroatoms. The van der Waals surface area contributed by atoms with Crippen molar-refractivity contribution in [3.8, 4) is 5.69 Å². The van der Waals surface area contributed by atoms with Crippen LogP contribution in [-0.4, -0.2) is 33.7 Å². The van der Waals surface area contributed by atoms with E-state index in [-0.39, 0.29) is 11.6 Å². The molecule has 1 aromatic heterocycles. The van der Waals surface area contributed by atoms with E-state index in [2.05, 4.69) is 41.3 Å². The van der Waals surface area contributed by atoms with Gasteiger partial charge in [0.25, 0.3) is 11.5 Å². The molecule has 1 aliphatic heterocycles.